The zero-order valence-corrected chi connectivity index (χ0v) is 7.33. The van der Waals surface area contributed by atoms with Gasteiger partial charge in [0.2, 0.25) is 0 Å². The number of aliphatic hydroxyl groups is 1. The molecule has 1 saturated heterocycles. The van der Waals surface area contributed by atoms with Crippen LogP contribution in [0, 0.1) is 5.41 Å². The molecule has 1 heterocycles. The summed E-state index contributed by atoms with van der Waals surface area (Å²) in [6.07, 6.45) is 5.50. The second kappa shape index (κ2) is 3.87. The first-order chi connectivity index (χ1) is 5.75. The lowest BCUT2D eigenvalue weighted by molar-refractivity contribution is -0.116. The van der Waals surface area contributed by atoms with Gasteiger partial charge >= 0.3 is 0 Å². The molecule has 1 N–H and O–H groups in total. The number of rotatable bonds is 4. The molecule has 1 aliphatic heterocycles. The van der Waals surface area contributed by atoms with E-state index in [0.29, 0.717) is 6.61 Å². The smallest absolute Gasteiger partial charge is 0.160 e. The molecule has 0 aromatic rings. The fraction of sp³-hybridized carbons (Fsp3) is 0.600. The van der Waals surface area contributed by atoms with Crippen LogP contribution in [0.15, 0.2) is 25.3 Å². The topological polar surface area (TPSA) is 29.5 Å². The zero-order valence-electron chi connectivity index (χ0n) is 7.33. The Morgan fingerprint density at radius 3 is 2.33 bits per heavy atom. The van der Waals surface area contributed by atoms with E-state index in [1.54, 1.807) is 0 Å². The Hall–Kier alpha value is -0.600. The standard InChI is InChI=1S/C10H16O2/c1-3-5-10(6-4-2)7-8-12-9(10)11/h3-4,9,11H,1-2,5-8H2. The van der Waals surface area contributed by atoms with E-state index in [4.69, 9.17) is 4.74 Å². The molecule has 68 valence electrons. The van der Waals surface area contributed by atoms with Crippen LogP contribution in [0.1, 0.15) is 19.3 Å². The second-order valence-electron chi connectivity index (χ2n) is 3.32. The van der Waals surface area contributed by atoms with E-state index in [1.165, 1.54) is 0 Å². The van der Waals surface area contributed by atoms with Gasteiger partial charge in [-0.05, 0) is 19.3 Å². The van der Waals surface area contributed by atoms with Crippen molar-refractivity contribution in [2.45, 2.75) is 25.6 Å². The third-order valence-electron chi connectivity index (χ3n) is 2.50. The molecule has 0 spiro atoms. The summed E-state index contributed by atoms with van der Waals surface area (Å²) in [5.41, 5.74) is -0.149. The molecule has 12 heavy (non-hydrogen) atoms. The maximum atomic E-state index is 9.58. The molecule has 2 heteroatoms. The summed E-state index contributed by atoms with van der Waals surface area (Å²) in [6.45, 7) is 8.01. The Labute approximate surface area is 73.5 Å². The molecule has 0 radical (unpaired) electrons. The number of ether oxygens (including phenoxy) is 1. The number of hydrogen-bond donors (Lipinski definition) is 1. The molecule has 1 atom stereocenters. The normalized spacial score (nSPS) is 26.9. The maximum absolute atomic E-state index is 9.58. The van der Waals surface area contributed by atoms with Gasteiger partial charge in [-0.25, -0.2) is 0 Å². The Balaban J connectivity index is 2.69. The number of allylic oxidation sites excluding steroid dienone is 2. The van der Waals surface area contributed by atoms with E-state index in [1.807, 2.05) is 12.2 Å². The van der Waals surface area contributed by atoms with Crippen LogP contribution in [0.2, 0.25) is 0 Å². The van der Waals surface area contributed by atoms with Gasteiger partial charge < -0.3 is 9.84 Å². The minimum atomic E-state index is -0.645. The van der Waals surface area contributed by atoms with E-state index in [-0.39, 0.29) is 5.41 Å². The first kappa shape index (κ1) is 9.49. The first-order valence-electron chi connectivity index (χ1n) is 4.26. The van der Waals surface area contributed by atoms with Crippen molar-refractivity contribution >= 4 is 0 Å². The molecule has 0 saturated carbocycles. The monoisotopic (exact) mass is 168 g/mol. The van der Waals surface area contributed by atoms with Crippen molar-refractivity contribution in [1.29, 1.82) is 0 Å². The van der Waals surface area contributed by atoms with E-state index in [2.05, 4.69) is 13.2 Å². The molecule has 0 aromatic heterocycles. The van der Waals surface area contributed by atoms with Gasteiger partial charge in [-0.2, -0.15) is 0 Å². The summed E-state index contributed by atoms with van der Waals surface area (Å²) >= 11 is 0. The highest BCUT2D eigenvalue weighted by Gasteiger charge is 2.40. The van der Waals surface area contributed by atoms with Crippen molar-refractivity contribution in [3.05, 3.63) is 25.3 Å². The van der Waals surface area contributed by atoms with Crippen LogP contribution in [0.3, 0.4) is 0 Å². The third kappa shape index (κ3) is 1.59. The average Bonchev–Trinajstić information content (AvgIpc) is 2.35. The van der Waals surface area contributed by atoms with Gasteiger partial charge in [-0.15, -0.1) is 13.2 Å². The van der Waals surface area contributed by atoms with Gasteiger partial charge in [0.25, 0.3) is 0 Å². The quantitative estimate of drug-likeness (QED) is 0.649. The van der Waals surface area contributed by atoms with Gasteiger partial charge in [0.1, 0.15) is 0 Å². The summed E-state index contributed by atoms with van der Waals surface area (Å²) in [7, 11) is 0. The minimum absolute atomic E-state index is 0.149. The van der Waals surface area contributed by atoms with Crippen LogP contribution in [0.25, 0.3) is 0 Å². The zero-order chi connectivity index (χ0) is 9.03. The fourth-order valence-corrected chi connectivity index (χ4v) is 1.74. The van der Waals surface area contributed by atoms with Gasteiger partial charge in [-0.3, -0.25) is 0 Å². The summed E-state index contributed by atoms with van der Waals surface area (Å²) in [5, 5.41) is 9.58. The van der Waals surface area contributed by atoms with Crippen molar-refractivity contribution in [2.24, 2.45) is 5.41 Å². The number of aliphatic hydroxyl groups excluding tert-OH is 1. The Bertz CT molecular complexity index is 165. The predicted molar refractivity (Wildman–Crippen MR) is 48.6 cm³/mol. The van der Waals surface area contributed by atoms with Crippen LogP contribution in [-0.2, 0) is 4.74 Å². The van der Waals surface area contributed by atoms with Crippen molar-refractivity contribution in [3.63, 3.8) is 0 Å². The van der Waals surface area contributed by atoms with Gasteiger partial charge in [0.15, 0.2) is 6.29 Å². The SMILES string of the molecule is C=CCC1(CC=C)CCOC1O. The van der Waals surface area contributed by atoms with Gasteiger partial charge in [-0.1, -0.05) is 12.2 Å². The van der Waals surface area contributed by atoms with Crippen molar-refractivity contribution in [3.8, 4) is 0 Å². The van der Waals surface area contributed by atoms with Crippen molar-refractivity contribution < 1.29 is 9.84 Å². The lowest BCUT2D eigenvalue weighted by atomic mass is 9.79. The molecule has 0 amide bonds. The van der Waals surface area contributed by atoms with Gasteiger partial charge in [0, 0.05) is 5.41 Å². The van der Waals surface area contributed by atoms with E-state index in [0.717, 1.165) is 19.3 Å². The maximum Gasteiger partial charge on any atom is 0.160 e. The average molecular weight is 168 g/mol. The fourth-order valence-electron chi connectivity index (χ4n) is 1.74. The molecule has 1 fully saturated rings. The van der Waals surface area contributed by atoms with Crippen LogP contribution in [0.4, 0.5) is 0 Å². The first-order valence-corrected chi connectivity index (χ1v) is 4.26. The summed E-state index contributed by atoms with van der Waals surface area (Å²) in [4.78, 5) is 0. The number of hydrogen-bond acceptors (Lipinski definition) is 2. The van der Waals surface area contributed by atoms with E-state index >= 15 is 0 Å². The molecular weight excluding hydrogens is 152 g/mol. The van der Waals surface area contributed by atoms with E-state index in [9.17, 15) is 5.11 Å². The lowest BCUT2D eigenvalue weighted by Crippen LogP contribution is -2.29. The summed E-state index contributed by atoms with van der Waals surface area (Å²) in [6, 6.07) is 0. The Morgan fingerprint density at radius 2 is 2.00 bits per heavy atom. The highest BCUT2D eigenvalue weighted by atomic mass is 16.6. The molecule has 1 rings (SSSR count). The van der Waals surface area contributed by atoms with E-state index < -0.39 is 6.29 Å². The van der Waals surface area contributed by atoms with Crippen LogP contribution in [-0.4, -0.2) is 18.0 Å². The summed E-state index contributed by atoms with van der Waals surface area (Å²) in [5.74, 6) is 0. The largest absolute Gasteiger partial charge is 0.367 e. The van der Waals surface area contributed by atoms with Crippen molar-refractivity contribution in [2.75, 3.05) is 6.61 Å². The highest BCUT2D eigenvalue weighted by Crippen LogP contribution is 2.40. The molecule has 0 bridgehead atoms. The minimum Gasteiger partial charge on any atom is -0.367 e. The molecular formula is C10H16O2. The van der Waals surface area contributed by atoms with Crippen LogP contribution >= 0.6 is 0 Å². The van der Waals surface area contributed by atoms with Crippen LogP contribution < -0.4 is 0 Å². The molecule has 0 aliphatic carbocycles. The Morgan fingerprint density at radius 1 is 1.42 bits per heavy atom. The molecule has 1 aliphatic rings. The lowest BCUT2D eigenvalue weighted by Gasteiger charge is -2.28. The van der Waals surface area contributed by atoms with Gasteiger partial charge in [0.05, 0.1) is 6.61 Å². The molecule has 0 aromatic carbocycles. The molecule has 2 nitrogen and oxygen atoms in total. The third-order valence-corrected chi connectivity index (χ3v) is 2.50. The predicted octanol–water partition coefficient (Wildman–Crippen LogP) is 1.86. The van der Waals surface area contributed by atoms with Crippen molar-refractivity contribution in [1.82, 2.24) is 0 Å². The summed E-state index contributed by atoms with van der Waals surface area (Å²) < 4.78 is 5.13. The Kier molecular flexibility index (Phi) is 3.06. The van der Waals surface area contributed by atoms with Crippen LogP contribution in [0.5, 0.6) is 0 Å². The highest BCUT2D eigenvalue weighted by molar-refractivity contribution is 4.95. The molecule has 1 unspecified atom stereocenters. The second-order valence-corrected chi connectivity index (χ2v) is 3.32.